The standard InChI is InChI=1S/C28H23N7/c1-18-5-8-24(34-33-18)27(21-4-3-10-29-17-21)32-22-15-23(28-25(16-22)30-11-12-31-28)20-7-6-19-9-13-35(2)26(19)14-20/h3-17,27,32-33H,1H2,2H3/t27-/m0/s1. The number of hydrogen-bond donors (Lipinski definition) is 2. The summed E-state index contributed by atoms with van der Waals surface area (Å²) < 4.78 is 2.13. The molecule has 0 fully saturated rings. The fourth-order valence-corrected chi connectivity index (χ4v) is 4.41. The third kappa shape index (κ3) is 3.93. The van der Waals surface area contributed by atoms with Gasteiger partial charge in [0.15, 0.2) is 0 Å². The van der Waals surface area contributed by atoms with Crippen molar-refractivity contribution in [3.05, 3.63) is 110 Å². The first kappa shape index (κ1) is 20.8. The molecule has 35 heavy (non-hydrogen) atoms. The number of fused-ring (bicyclic) bond motifs is 2. The zero-order valence-electron chi connectivity index (χ0n) is 19.2. The van der Waals surface area contributed by atoms with Gasteiger partial charge in [-0.3, -0.25) is 20.4 Å². The Bertz CT molecular complexity index is 1630. The van der Waals surface area contributed by atoms with Gasteiger partial charge in [0.05, 0.1) is 22.8 Å². The fraction of sp³-hybridized carbons (Fsp3) is 0.0714. The highest BCUT2D eigenvalue weighted by molar-refractivity contribution is 6.03. The first-order valence-electron chi connectivity index (χ1n) is 11.3. The summed E-state index contributed by atoms with van der Waals surface area (Å²) in [5.41, 5.74) is 11.4. The number of aryl methyl sites for hydroxylation is 1. The number of allylic oxidation sites excluding steroid dienone is 1. The second kappa shape index (κ2) is 8.53. The second-order valence-electron chi connectivity index (χ2n) is 8.52. The lowest BCUT2D eigenvalue weighted by atomic mass is 9.99. The summed E-state index contributed by atoms with van der Waals surface area (Å²) >= 11 is 0. The highest BCUT2D eigenvalue weighted by Gasteiger charge is 2.20. The predicted molar refractivity (Wildman–Crippen MR) is 141 cm³/mol. The maximum atomic E-state index is 4.66. The van der Waals surface area contributed by atoms with Crippen LogP contribution in [0.3, 0.4) is 0 Å². The van der Waals surface area contributed by atoms with E-state index < -0.39 is 0 Å². The highest BCUT2D eigenvalue weighted by Crippen LogP contribution is 2.33. The maximum absolute atomic E-state index is 4.66. The van der Waals surface area contributed by atoms with Gasteiger partial charge in [-0.1, -0.05) is 24.8 Å². The van der Waals surface area contributed by atoms with Gasteiger partial charge in [0.25, 0.3) is 0 Å². The molecule has 0 bridgehead atoms. The number of hydrogen-bond acceptors (Lipinski definition) is 6. The van der Waals surface area contributed by atoms with Crippen LogP contribution in [0, 0.1) is 0 Å². The van der Waals surface area contributed by atoms with E-state index in [0.717, 1.165) is 44.8 Å². The second-order valence-corrected chi connectivity index (χ2v) is 8.52. The van der Waals surface area contributed by atoms with Crippen LogP contribution in [0.5, 0.6) is 0 Å². The lowest BCUT2D eigenvalue weighted by molar-refractivity contribution is 0.883. The molecule has 4 heterocycles. The summed E-state index contributed by atoms with van der Waals surface area (Å²) in [5, 5.41) is 9.39. The average Bonchev–Trinajstić information content (AvgIpc) is 3.28. The Hall–Kier alpha value is -4.78. The quantitative estimate of drug-likeness (QED) is 0.371. The monoisotopic (exact) mass is 457 g/mol. The molecule has 0 saturated heterocycles. The van der Waals surface area contributed by atoms with Crippen molar-refractivity contribution in [3.8, 4) is 11.1 Å². The lowest BCUT2D eigenvalue weighted by Crippen LogP contribution is -2.24. The molecule has 0 unspecified atom stereocenters. The minimum absolute atomic E-state index is 0.224. The van der Waals surface area contributed by atoms with E-state index in [9.17, 15) is 0 Å². The number of rotatable bonds is 5. The van der Waals surface area contributed by atoms with Gasteiger partial charge in [0.2, 0.25) is 0 Å². The largest absolute Gasteiger partial charge is 0.373 e. The van der Waals surface area contributed by atoms with Crippen LogP contribution >= 0.6 is 0 Å². The number of benzene rings is 2. The molecule has 1 aliphatic rings. The Morgan fingerprint density at radius 2 is 1.91 bits per heavy atom. The van der Waals surface area contributed by atoms with E-state index in [1.807, 2.05) is 36.5 Å². The summed E-state index contributed by atoms with van der Waals surface area (Å²) in [6.45, 7) is 3.91. The van der Waals surface area contributed by atoms with Gasteiger partial charge in [-0.05, 0) is 59.0 Å². The summed E-state index contributed by atoms with van der Waals surface area (Å²) in [6.07, 6.45) is 13.0. The molecule has 2 aromatic carbocycles. The first-order valence-corrected chi connectivity index (χ1v) is 11.3. The zero-order valence-corrected chi connectivity index (χ0v) is 19.2. The molecule has 7 heteroatoms. The summed E-state index contributed by atoms with van der Waals surface area (Å²) in [4.78, 5) is 13.6. The van der Waals surface area contributed by atoms with E-state index in [1.165, 1.54) is 10.9 Å². The molecular weight excluding hydrogens is 434 g/mol. The van der Waals surface area contributed by atoms with Crippen molar-refractivity contribution in [3.63, 3.8) is 0 Å². The Kier molecular flexibility index (Phi) is 5.07. The van der Waals surface area contributed by atoms with Crippen molar-refractivity contribution >= 4 is 33.3 Å². The normalized spacial score (nSPS) is 14.1. The molecule has 2 N–H and O–H groups in total. The van der Waals surface area contributed by atoms with Crippen LogP contribution in [0.25, 0.3) is 33.1 Å². The van der Waals surface area contributed by atoms with E-state index in [2.05, 4.69) is 85.5 Å². The zero-order chi connectivity index (χ0) is 23.8. The molecule has 5 aromatic rings. The Morgan fingerprint density at radius 1 is 1.00 bits per heavy atom. The fourth-order valence-electron chi connectivity index (χ4n) is 4.41. The van der Waals surface area contributed by atoms with E-state index in [1.54, 1.807) is 18.6 Å². The molecule has 0 aliphatic carbocycles. The van der Waals surface area contributed by atoms with Crippen LogP contribution in [0.4, 0.5) is 5.69 Å². The van der Waals surface area contributed by atoms with Gasteiger partial charge in [0.1, 0.15) is 0 Å². The van der Waals surface area contributed by atoms with Crippen molar-refractivity contribution in [2.75, 3.05) is 5.32 Å². The number of hydrazone groups is 1. The SMILES string of the molecule is C=C1C=CC([C@@H](Nc2cc(-c3ccc4ccn(C)c4c3)c3nccnc3c2)c2cccnc2)=NN1. The number of nitrogens with one attached hydrogen (secondary N) is 2. The van der Waals surface area contributed by atoms with Gasteiger partial charge in [-0.25, -0.2) is 0 Å². The Labute approximate surface area is 202 Å². The predicted octanol–water partition coefficient (Wildman–Crippen LogP) is 5.37. The highest BCUT2D eigenvalue weighted by atomic mass is 15.3. The number of pyridine rings is 1. The van der Waals surface area contributed by atoms with Crippen LogP contribution < -0.4 is 10.7 Å². The van der Waals surface area contributed by atoms with Crippen molar-refractivity contribution in [1.82, 2.24) is 24.9 Å². The van der Waals surface area contributed by atoms with Crippen LogP contribution in [0.2, 0.25) is 0 Å². The molecule has 0 radical (unpaired) electrons. The summed E-state index contributed by atoms with van der Waals surface area (Å²) in [6, 6.07) is 16.5. The van der Waals surface area contributed by atoms with E-state index in [-0.39, 0.29) is 6.04 Å². The molecule has 6 rings (SSSR count). The number of aromatic nitrogens is 4. The number of nitrogens with zero attached hydrogens (tertiary/aromatic N) is 5. The van der Waals surface area contributed by atoms with Crippen molar-refractivity contribution < 1.29 is 0 Å². The first-order chi connectivity index (χ1) is 17.2. The molecule has 170 valence electrons. The summed E-state index contributed by atoms with van der Waals surface area (Å²) in [7, 11) is 2.06. The molecule has 1 aliphatic heterocycles. The minimum atomic E-state index is -0.224. The minimum Gasteiger partial charge on any atom is -0.373 e. The van der Waals surface area contributed by atoms with Gasteiger partial charge >= 0.3 is 0 Å². The molecule has 1 atom stereocenters. The molecule has 0 amide bonds. The topological polar surface area (TPSA) is 80.0 Å². The van der Waals surface area contributed by atoms with Crippen LogP contribution in [0.1, 0.15) is 11.6 Å². The molecule has 0 spiro atoms. The van der Waals surface area contributed by atoms with E-state index in [0.29, 0.717) is 0 Å². The van der Waals surface area contributed by atoms with E-state index in [4.69, 9.17) is 0 Å². The lowest BCUT2D eigenvalue weighted by Gasteiger charge is -2.23. The van der Waals surface area contributed by atoms with Gasteiger partial charge in [-0.2, -0.15) is 5.10 Å². The van der Waals surface area contributed by atoms with Gasteiger partial charge in [0, 0.05) is 60.5 Å². The molecule has 0 saturated carbocycles. The molecular formula is C28H23N7. The Balaban J connectivity index is 1.48. The third-order valence-electron chi connectivity index (χ3n) is 6.18. The van der Waals surface area contributed by atoms with E-state index >= 15 is 0 Å². The van der Waals surface area contributed by atoms with Crippen LogP contribution in [0.15, 0.2) is 109 Å². The molecule has 3 aromatic heterocycles. The number of anilines is 1. The molecule has 7 nitrogen and oxygen atoms in total. The van der Waals surface area contributed by atoms with Crippen molar-refractivity contribution in [2.24, 2.45) is 12.1 Å². The maximum Gasteiger partial charge on any atom is 0.0973 e. The average molecular weight is 458 g/mol. The Morgan fingerprint density at radius 3 is 2.74 bits per heavy atom. The van der Waals surface area contributed by atoms with Crippen molar-refractivity contribution in [2.45, 2.75) is 6.04 Å². The summed E-state index contributed by atoms with van der Waals surface area (Å²) in [5.74, 6) is 0. The van der Waals surface area contributed by atoms with Crippen LogP contribution in [-0.2, 0) is 7.05 Å². The van der Waals surface area contributed by atoms with Crippen molar-refractivity contribution in [1.29, 1.82) is 0 Å². The van der Waals surface area contributed by atoms with Gasteiger partial charge in [-0.15, -0.1) is 0 Å². The van der Waals surface area contributed by atoms with Gasteiger partial charge < -0.3 is 9.88 Å². The third-order valence-corrected chi connectivity index (χ3v) is 6.18. The van der Waals surface area contributed by atoms with Crippen LogP contribution in [-0.4, -0.2) is 25.2 Å². The smallest absolute Gasteiger partial charge is 0.0973 e.